The minimum atomic E-state index is -0.663. The number of hydrogen-bond donors (Lipinski definition) is 4. The molecule has 0 saturated carbocycles. The molecule has 0 fully saturated rings. The molecule has 104 valence electrons. The monoisotopic (exact) mass is 264 g/mol. The molecule has 5 N–H and O–H groups in total. The van der Waals surface area contributed by atoms with Crippen molar-refractivity contribution in [3.63, 3.8) is 0 Å². The van der Waals surface area contributed by atoms with Gasteiger partial charge in [-0.3, -0.25) is 10.7 Å². The number of carbonyl (C=O) groups excluding carboxylic acids is 1. The van der Waals surface area contributed by atoms with E-state index in [4.69, 9.17) is 15.9 Å². The number of benzene rings is 1. The van der Waals surface area contributed by atoms with Gasteiger partial charge in [0.05, 0.1) is 0 Å². The Kier molecular flexibility index (Phi) is 4.88. The highest BCUT2D eigenvalue weighted by atomic mass is 16.6. The lowest BCUT2D eigenvalue weighted by Crippen LogP contribution is -2.39. The molecule has 0 atom stereocenters. The Morgan fingerprint density at radius 3 is 2.37 bits per heavy atom. The number of nitrogens with two attached hydrogens (primary N) is 1. The standard InChI is InChI=1S/C13H20N4O2/c1-13(2,3)19-12(18)17-11(15)16-10-6-4-9(8-14)5-7-10/h4-7H,8,14H2,1-3H3,(H3,15,16,17,18). The van der Waals surface area contributed by atoms with Gasteiger partial charge in [-0.1, -0.05) is 12.1 Å². The maximum absolute atomic E-state index is 11.4. The smallest absolute Gasteiger partial charge is 0.414 e. The van der Waals surface area contributed by atoms with Gasteiger partial charge in [0.25, 0.3) is 0 Å². The molecule has 0 heterocycles. The van der Waals surface area contributed by atoms with Crippen LogP contribution in [0.1, 0.15) is 26.3 Å². The Morgan fingerprint density at radius 1 is 1.32 bits per heavy atom. The van der Waals surface area contributed by atoms with E-state index in [2.05, 4.69) is 10.6 Å². The van der Waals surface area contributed by atoms with Crippen LogP contribution in [0.4, 0.5) is 10.5 Å². The summed E-state index contributed by atoms with van der Waals surface area (Å²) < 4.78 is 5.04. The Bertz CT molecular complexity index is 449. The van der Waals surface area contributed by atoms with Gasteiger partial charge < -0.3 is 15.8 Å². The third-order valence-corrected chi connectivity index (χ3v) is 2.08. The third kappa shape index (κ3) is 5.87. The first-order valence-corrected chi connectivity index (χ1v) is 5.95. The molecule has 0 spiro atoms. The summed E-state index contributed by atoms with van der Waals surface area (Å²) in [7, 11) is 0. The highest BCUT2D eigenvalue weighted by Gasteiger charge is 2.16. The van der Waals surface area contributed by atoms with Gasteiger partial charge in [0.1, 0.15) is 5.60 Å². The SMILES string of the molecule is CC(C)(C)OC(=O)NC(=N)Nc1ccc(CN)cc1. The van der Waals surface area contributed by atoms with Gasteiger partial charge >= 0.3 is 6.09 Å². The van der Waals surface area contributed by atoms with Crippen LogP contribution in [-0.2, 0) is 11.3 Å². The minimum absolute atomic E-state index is 0.144. The molecule has 0 unspecified atom stereocenters. The van der Waals surface area contributed by atoms with Crippen molar-refractivity contribution in [2.75, 3.05) is 5.32 Å². The highest BCUT2D eigenvalue weighted by Crippen LogP contribution is 2.09. The van der Waals surface area contributed by atoms with Crippen molar-refractivity contribution in [1.29, 1.82) is 5.41 Å². The first kappa shape index (κ1) is 15.0. The summed E-state index contributed by atoms with van der Waals surface area (Å²) in [4.78, 5) is 11.4. The second-order valence-electron chi connectivity index (χ2n) is 5.03. The number of alkyl carbamates (subject to hydrolysis) is 1. The van der Waals surface area contributed by atoms with Crippen LogP contribution in [-0.4, -0.2) is 17.7 Å². The number of hydrogen-bond acceptors (Lipinski definition) is 4. The second kappa shape index (κ2) is 6.19. The van der Waals surface area contributed by atoms with E-state index in [9.17, 15) is 4.79 Å². The molecule has 0 aliphatic carbocycles. The Hall–Kier alpha value is -2.08. The summed E-state index contributed by atoms with van der Waals surface area (Å²) in [5.41, 5.74) is 6.59. The molecule has 1 aromatic carbocycles. The van der Waals surface area contributed by atoms with Gasteiger partial charge in [-0.15, -0.1) is 0 Å². The summed E-state index contributed by atoms with van der Waals surface area (Å²) in [5.74, 6) is -0.144. The summed E-state index contributed by atoms with van der Waals surface area (Å²) in [5, 5.41) is 12.7. The number of ether oxygens (including phenoxy) is 1. The number of carbonyl (C=O) groups is 1. The largest absolute Gasteiger partial charge is 0.444 e. The lowest BCUT2D eigenvalue weighted by Gasteiger charge is -2.20. The van der Waals surface area contributed by atoms with Crippen molar-refractivity contribution in [3.05, 3.63) is 29.8 Å². The molecule has 0 aliphatic rings. The van der Waals surface area contributed by atoms with Gasteiger partial charge in [-0.25, -0.2) is 4.79 Å². The quantitative estimate of drug-likeness (QED) is 0.485. The molecule has 0 saturated heterocycles. The number of guanidine groups is 1. The van der Waals surface area contributed by atoms with Crippen LogP contribution >= 0.6 is 0 Å². The van der Waals surface area contributed by atoms with E-state index in [1.807, 2.05) is 12.1 Å². The van der Waals surface area contributed by atoms with Crippen molar-refractivity contribution >= 4 is 17.7 Å². The second-order valence-corrected chi connectivity index (χ2v) is 5.03. The van der Waals surface area contributed by atoms with Gasteiger partial charge in [0, 0.05) is 12.2 Å². The van der Waals surface area contributed by atoms with E-state index >= 15 is 0 Å². The van der Waals surface area contributed by atoms with Crippen molar-refractivity contribution in [1.82, 2.24) is 5.32 Å². The molecular weight excluding hydrogens is 244 g/mol. The van der Waals surface area contributed by atoms with E-state index < -0.39 is 11.7 Å². The van der Waals surface area contributed by atoms with Crippen LogP contribution in [0, 0.1) is 5.41 Å². The van der Waals surface area contributed by atoms with E-state index in [-0.39, 0.29) is 5.96 Å². The number of nitrogens with one attached hydrogen (secondary N) is 3. The normalized spacial score (nSPS) is 10.7. The molecule has 19 heavy (non-hydrogen) atoms. The predicted octanol–water partition coefficient (Wildman–Crippen LogP) is 2.02. The van der Waals surface area contributed by atoms with Gasteiger partial charge in [0.15, 0.2) is 0 Å². The maximum Gasteiger partial charge on any atom is 0.414 e. The molecule has 0 aromatic heterocycles. The fraction of sp³-hybridized carbons (Fsp3) is 0.385. The fourth-order valence-corrected chi connectivity index (χ4v) is 1.31. The average Bonchev–Trinajstić information content (AvgIpc) is 2.27. The molecule has 0 bridgehead atoms. The highest BCUT2D eigenvalue weighted by molar-refractivity contribution is 6.00. The van der Waals surface area contributed by atoms with Gasteiger partial charge in [0.2, 0.25) is 5.96 Å². The van der Waals surface area contributed by atoms with Gasteiger partial charge in [-0.2, -0.15) is 0 Å². The van der Waals surface area contributed by atoms with E-state index in [1.54, 1.807) is 32.9 Å². The molecule has 6 nitrogen and oxygen atoms in total. The molecule has 0 aliphatic heterocycles. The average molecular weight is 264 g/mol. The van der Waals surface area contributed by atoms with Crippen LogP contribution in [0.3, 0.4) is 0 Å². The first-order chi connectivity index (χ1) is 8.80. The van der Waals surface area contributed by atoms with Crippen molar-refractivity contribution in [2.24, 2.45) is 5.73 Å². The molecule has 1 amide bonds. The molecule has 1 aromatic rings. The van der Waals surface area contributed by atoms with Crippen LogP contribution < -0.4 is 16.4 Å². The topological polar surface area (TPSA) is 100 Å². The first-order valence-electron chi connectivity index (χ1n) is 5.95. The number of anilines is 1. The molecule has 0 radical (unpaired) electrons. The fourth-order valence-electron chi connectivity index (χ4n) is 1.31. The Balaban J connectivity index is 2.48. The number of amides is 1. The zero-order valence-electron chi connectivity index (χ0n) is 11.4. The van der Waals surface area contributed by atoms with Crippen molar-refractivity contribution < 1.29 is 9.53 Å². The van der Waals surface area contributed by atoms with Crippen LogP contribution in [0.15, 0.2) is 24.3 Å². The molecule has 1 rings (SSSR count). The Morgan fingerprint density at radius 2 is 1.89 bits per heavy atom. The number of rotatable bonds is 2. The lowest BCUT2D eigenvalue weighted by molar-refractivity contribution is 0.0563. The summed E-state index contributed by atoms with van der Waals surface area (Å²) in [6, 6.07) is 7.27. The molecule has 6 heteroatoms. The van der Waals surface area contributed by atoms with E-state index in [0.717, 1.165) is 5.56 Å². The summed E-state index contributed by atoms with van der Waals surface area (Å²) >= 11 is 0. The van der Waals surface area contributed by atoms with Crippen LogP contribution in [0.5, 0.6) is 0 Å². The van der Waals surface area contributed by atoms with Crippen LogP contribution in [0.25, 0.3) is 0 Å². The van der Waals surface area contributed by atoms with E-state index in [0.29, 0.717) is 12.2 Å². The van der Waals surface area contributed by atoms with Gasteiger partial charge in [-0.05, 0) is 38.5 Å². The van der Waals surface area contributed by atoms with Crippen molar-refractivity contribution in [2.45, 2.75) is 32.9 Å². The zero-order chi connectivity index (χ0) is 14.5. The summed E-state index contributed by atoms with van der Waals surface area (Å²) in [6.07, 6.45) is -0.663. The summed E-state index contributed by atoms with van der Waals surface area (Å²) in [6.45, 7) is 5.74. The lowest BCUT2D eigenvalue weighted by atomic mass is 10.2. The third-order valence-electron chi connectivity index (χ3n) is 2.08. The maximum atomic E-state index is 11.4. The minimum Gasteiger partial charge on any atom is -0.444 e. The zero-order valence-corrected chi connectivity index (χ0v) is 11.4. The predicted molar refractivity (Wildman–Crippen MR) is 75.1 cm³/mol. The molecular formula is C13H20N4O2. The Labute approximate surface area is 112 Å². The van der Waals surface area contributed by atoms with E-state index in [1.165, 1.54) is 0 Å². The van der Waals surface area contributed by atoms with Crippen LogP contribution in [0.2, 0.25) is 0 Å². The van der Waals surface area contributed by atoms with Crippen molar-refractivity contribution in [3.8, 4) is 0 Å².